The van der Waals surface area contributed by atoms with Crippen molar-refractivity contribution in [3.8, 4) is 0 Å². The topological polar surface area (TPSA) is 55.8 Å². The van der Waals surface area contributed by atoms with Crippen molar-refractivity contribution in [3.05, 3.63) is 0 Å². The quantitative estimate of drug-likeness (QED) is 0.315. The first-order valence-corrected chi connectivity index (χ1v) is 13.2. The Balaban J connectivity index is 2.13. The van der Waals surface area contributed by atoms with Crippen LogP contribution in [0.1, 0.15) is 72.6 Å². The van der Waals surface area contributed by atoms with E-state index in [0.717, 1.165) is 43.8 Å². The molecule has 2 fully saturated rings. The van der Waals surface area contributed by atoms with Gasteiger partial charge < -0.3 is 9.16 Å². The zero-order valence-electron chi connectivity index (χ0n) is 17.1. The molecule has 26 heavy (non-hydrogen) atoms. The number of hydrogen-bond donors (Lipinski definition) is 0. The zero-order valence-corrected chi connectivity index (χ0v) is 18.1. The maximum absolute atomic E-state index is 12.8. The van der Waals surface area contributed by atoms with Crippen LogP contribution in [0, 0.1) is 5.92 Å². The van der Waals surface area contributed by atoms with Crippen molar-refractivity contribution in [2.75, 3.05) is 6.61 Å². The van der Waals surface area contributed by atoms with Crippen LogP contribution in [0.5, 0.6) is 0 Å². The van der Waals surface area contributed by atoms with Gasteiger partial charge in [-0.2, -0.15) is 0 Å². The van der Waals surface area contributed by atoms with Gasteiger partial charge in [0.15, 0.2) is 8.32 Å². The van der Waals surface area contributed by atoms with Gasteiger partial charge in [0, 0.05) is 0 Å². The summed E-state index contributed by atoms with van der Waals surface area (Å²) in [7, 11) is -1.89. The molecule has 5 nitrogen and oxygen atoms in total. The summed E-state index contributed by atoms with van der Waals surface area (Å²) in [6.07, 6.45) is 6.68. The van der Waals surface area contributed by atoms with E-state index in [1.54, 1.807) is 0 Å². The highest BCUT2D eigenvalue weighted by atomic mass is 28.4. The number of amides is 2. The van der Waals surface area contributed by atoms with Gasteiger partial charge in [-0.25, -0.2) is 9.69 Å². The highest BCUT2D eigenvalue weighted by molar-refractivity contribution is 6.73. The summed E-state index contributed by atoms with van der Waals surface area (Å²) in [6.45, 7) is 8.97. The second-order valence-electron chi connectivity index (χ2n) is 7.85. The fraction of sp³-hybridized carbons (Fsp3) is 0.900. The minimum Gasteiger partial charge on any atom is -0.449 e. The highest BCUT2D eigenvalue weighted by Gasteiger charge is 2.57. The third-order valence-corrected chi connectivity index (χ3v) is 11.1. The van der Waals surface area contributed by atoms with Crippen LogP contribution >= 0.6 is 0 Å². The number of nitrogens with zero attached hydrogens (tertiary/aromatic N) is 1. The molecule has 0 bridgehead atoms. The van der Waals surface area contributed by atoms with E-state index in [0.29, 0.717) is 12.5 Å². The minimum atomic E-state index is -1.89. The van der Waals surface area contributed by atoms with Crippen LogP contribution in [0.3, 0.4) is 0 Å². The van der Waals surface area contributed by atoms with E-state index in [1.807, 2.05) is 0 Å². The summed E-state index contributed by atoms with van der Waals surface area (Å²) in [5, 5.41) is 0. The van der Waals surface area contributed by atoms with Crippen LogP contribution in [0.15, 0.2) is 0 Å². The van der Waals surface area contributed by atoms with Crippen molar-refractivity contribution in [1.82, 2.24) is 4.90 Å². The van der Waals surface area contributed by atoms with Crippen molar-refractivity contribution in [2.24, 2.45) is 5.92 Å². The third kappa shape index (κ3) is 4.50. The number of β-lactam (4-membered cyclic amide) rings is 1. The molecule has 1 saturated carbocycles. The fourth-order valence-corrected chi connectivity index (χ4v) is 7.17. The van der Waals surface area contributed by atoms with Crippen LogP contribution in [-0.2, 0) is 14.0 Å². The lowest BCUT2D eigenvalue weighted by Gasteiger charge is -2.51. The SMILES string of the molecule is CCCCOC(=O)N1C(=O)[C@@H](O[Si](CC)(CC)CC)[C@H]1C1CCCCC1. The number of imide groups is 1. The van der Waals surface area contributed by atoms with Crippen LogP contribution < -0.4 is 0 Å². The predicted molar refractivity (Wildman–Crippen MR) is 106 cm³/mol. The van der Waals surface area contributed by atoms with Gasteiger partial charge in [-0.1, -0.05) is 53.4 Å². The molecular weight excluding hydrogens is 346 g/mol. The summed E-state index contributed by atoms with van der Waals surface area (Å²) >= 11 is 0. The maximum Gasteiger partial charge on any atom is 0.416 e. The van der Waals surface area contributed by atoms with E-state index in [4.69, 9.17) is 9.16 Å². The first kappa shape index (κ1) is 21.4. The van der Waals surface area contributed by atoms with Gasteiger partial charge in [0.2, 0.25) is 0 Å². The van der Waals surface area contributed by atoms with Gasteiger partial charge in [0.25, 0.3) is 5.91 Å². The Hall–Kier alpha value is -0.883. The summed E-state index contributed by atoms with van der Waals surface area (Å²) in [5.74, 6) is 0.191. The van der Waals surface area contributed by atoms with Crippen molar-refractivity contribution in [3.63, 3.8) is 0 Å². The van der Waals surface area contributed by atoms with E-state index in [9.17, 15) is 9.59 Å². The first-order valence-electron chi connectivity index (χ1n) is 10.7. The smallest absolute Gasteiger partial charge is 0.416 e. The molecule has 1 heterocycles. The molecule has 0 aromatic heterocycles. The summed E-state index contributed by atoms with van der Waals surface area (Å²) in [6, 6.07) is 2.93. The fourth-order valence-electron chi connectivity index (χ4n) is 4.39. The molecule has 0 radical (unpaired) electrons. The summed E-state index contributed by atoms with van der Waals surface area (Å²) < 4.78 is 11.9. The van der Waals surface area contributed by atoms with Crippen LogP contribution in [0.25, 0.3) is 0 Å². The highest BCUT2D eigenvalue weighted by Crippen LogP contribution is 2.40. The van der Waals surface area contributed by atoms with Crippen molar-refractivity contribution >= 4 is 20.3 Å². The second-order valence-corrected chi connectivity index (χ2v) is 12.6. The van der Waals surface area contributed by atoms with Gasteiger partial charge in [-0.05, 0) is 43.3 Å². The first-order chi connectivity index (χ1) is 12.5. The Morgan fingerprint density at radius 3 is 2.23 bits per heavy atom. The zero-order chi connectivity index (χ0) is 19.2. The molecule has 1 aliphatic carbocycles. The largest absolute Gasteiger partial charge is 0.449 e. The molecular formula is C20H37NO4Si. The normalized spacial score (nSPS) is 24.5. The molecule has 1 aliphatic heterocycles. The molecule has 0 N–H and O–H groups in total. The van der Waals surface area contributed by atoms with E-state index in [-0.39, 0.29) is 11.9 Å². The van der Waals surface area contributed by atoms with Gasteiger partial charge in [-0.3, -0.25) is 4.79 Å². The van der Waals surface area contributed by atoms with Gasteiger partial charge in [0.1, 0.15) is 6.10 Å². The molecule has 2 aliphatic rings. The molecule has 0 aromatic carbocycles. The van der Waals surface area contributed by atoms with E-state index >= 15 is 0 Å². The number of unbranched alkanes of at least 4 members (excludes halogenated alkanes) is 1. The van der Waals surface area contributed by atoms with Crippen LogP contribution in [0.4, 0.5) is 4.79 Å². The standard InChI is InChI=1S/C20H37NO4Si/c1-5-9-15-24-20(23)21-17(16-13-11-10-12-14-16)18(19(21)22)25-26(6-2,7-3)8-4/h16-18H,5-15H2,1-4H3/t17-,18+/m1/s1. The Bertz CT molecular complexity index is 466. The van der Waals surface area contributed by atoms with E-state index in [1.165, 1.54) is 24.2 Å². The third-order valence-electron chi connectivity index (χ3n) is 6.45. The van der Waals surface area contributed by atoms with Crippen LogP contribution in [-0.4, -0.2) is 44.0 Å². The van der Waals surface area contributed by atoms with Gasteiger partial charge >= 0.3 is 6.09 Å². The summed E-state index contributed by atoms with van der Waals surface area (Å²) in [4.78, 5) is 26.7. The number of hydrogen-bond acceptors (Lipinski definition) is 4. The van der Waals surface area contributed by atoms with Gasteiger partial charge in [0.05, 0.1) is 12.6 Å². The van der Waals surface area contributed by atoms with Gasteiger partial charge in [-0.15, -0.1) is 0 Å². The minimum absolute atomic E-state index is 0.117. The Labute approximate surface area is 159 Å². The maximum atomic E-state index is 12.8. The molecule has 2 rings (SSSR count). The molecule has 0 aromatic rings. The number of likely N-dealkylation sites (tertiary alicyclic amines) is 1. The lowest BCUT2D eigenvalue weighted by atomic mass is 9.77. The van der Waals surface area contributed by atoms with E-state index in [2.05, 4.69) is 27.7 Å². The lowest BCUT2D eigenvalue weighted by molar-refractivity contribution is -0.165. The van der Waals surface area contributed by atoms with Crippen molar-refractivity contribution in [1.29, 1.82) is 0 Å². The number of rotatable bonds is 9. The molecule has 2 amide bonds. The Morgan fingerprint density at radius 1 is 1.08 bits per heavy atom. The average molecular weight is 384 g/mol. The Morgan fingerprint density at radius 2 is 1.69 bits per heavy atom. The van der Waals surface area contributed by atoms with Crippen LogP contribution in [0.2, 0.25) is 18.1 Å². The summed E-state index contributed by atoms with van der Waals surface area (Å²) in [5.41, 5.74) is 0. The second kappa shape index (κ2) is 9.88. The van der Waals surface area contributed by atoms with Crippen molar-refractivity contribution < 1.29 is 18.8 Å². The molecule has 0 spiro atoms. The molecule has 150 valence electrons. The Kier molecular flexibility index (Phi) is 8.14. The monoisotopic (exact) mass is 383 g/mol. The predicted octanol–water partition coefficient (Wildman–Crippen LogP) is 5.10. The molecule has 2 atom stereocenters. The lowest BCUT2D eigenvalue weighted by Crippen LogP contribution is -2.72. The van der Waals surface area contributed by atoms with Crippen molar-refractivity contribution in [2.45, 2.75) is 103 Å². The number of carbonyl (C=O) groups is 2. The number of ether oxygens (including phenoxy) is 1. The average Bonchev–Trinajstić information content (AvgIpc) is 2.68. The molecule has 0 unspecified atom stereocenters. The molecule has 6 heteroatoms. The van der Waals surface area contributed by atoms with E-state index < -0.39 is 20.5 Å². The molecule has 1 saturated heterocycles. The number of carbonyl (C=O) groups excluding carboxylic acids is 2.